The summed E-state index contributed by atoms with van der Waals surface area (Å²) in [5, 5.41) is 6.28. The van der Waals surface area contributed by atoms with Crippen molar-refractivity contribution in [2.45, 2.75) is 57.3 Å². The average molecular weight is 460 g/mol. The Labute approximate surface area is 200 Å². The first kappa shape index (κ1) is 23.9. The number of ether oxygens (including phenoxy) is 1. The fraction of sp³-hybridized carbons (Fsp3) is 0.379. The number of nitrogens with one attached hydrogen (secondary N) is 1. The molecule has 0 aromatic heterocycles. The molecule has 3 aromatic rings. The van der Waals surface area contributed by atoms with Crippen molar-refractivity contribution in [2.75, 3.05) is 13.2 Å². The molecule has 0 aliphatic carbocycles. The van der Waals surface area contributed by atoms with E-state index in [0.717, 1.165) is 26.0 Å². The van der Waals surface area contributed by atoms with E-state index in [2.05, 4.69) is 117 Å². The predicted molar refractivity (Wildman–Crippen MR) is 140 cm³/mol. The van der Waals surface area contributed by atoms with Crippen LogP contribution in [0.1, 0.15) is 39.2 Å². The van der Waals surface area contributed by atoms with Crippen molar-refractivity contribution in [3.05, 3.63) is 96.6 Å². The van der Waals surface area contributed by atoms with E-state index in [1.165, 1.54) is 15.9 Å². The zero-order chi connectivity index (χ0) is 23.2. The molecule has 174 valence electrons. The molecule has 2 atom stereocenters. The molecule has 0 saturated carbocycles. The monoisotopic (exact) mass is 459 g/mol. The standard InChI is InChI=1S/C29H37NO2Si/c1-29(2,3)33(27-15-9-5-10-16-27,28-17-11-6-12-18-28)32-23-26-20-19-25(22-31-26)30-21-24-13-7-4-8-14-24/h4-18,25-26,30H,19-23H2,1-3H3/t25-,26+/m0/s1. The van der Waals surface area contributed by atoms with Crippen molar-refractivity contribution >= 4 is 18.7 Å². The highest BCUT2D eigenvalue weighted by atomic mass is 28.4. The largest absolute Gasteiger partial charge is 0.405 e. The predicted octanol–water partition coefficient (Wildman–Crippen LogP) is 4.90. The van der Waals surface area contributed by atoms with Crippen molar-refractivity contribution < 1.29 is 9.16 Å². The van der Waals surface area contributed by atoms with Crippen LogP contribution >= 0.6 is 0 Å². The molecule has 4 heteroatoms. The fourth-order valence-corrected chi connectivity index (χ4v) is 9.53. The molecule has 1 N–H and O–H groups in total. The summed E-state index contributed by atoms with van der Waals surface area (Å²) in [4.78, 5) is 0. The lowest BCUT2D eigenvalue weighted by molar-refractivity contribution is -0.0283. The minimum absolute atomic E-state index is 0.00977. The Kier molecular flexibility index (Phi) is 7.81. The second-order valence-electron chi connectivity index (χ2n) is 10.1. The molecular weight excluding hydrogens is 422 g/mol. The maximum atomic E-state index is 7.06. The molecule has 3 aromatic carbocycles. The highest BCUT2D eigenvalue weighted by Crippen LogP contribution is 2.37. The Morgan fingerprint density at radius 3 is 1.85 bits per heavy atom. The topological polar surface area (TPSA) is 30.5 Å². The summed E-state index contributed by atoms with van der Waals surface area (Å²) in [6, 6.07) is 32.7. The van der Waals surface area contributed by atoms with Gasteiger partial charge in [0.1, 0.15) is 0 Å². The van der Waals surface area contributed by atoms with E-state index >= 15 is 0 Å². The molecule has 0 radical (unpaired) electrons. The third-order valence-electron chi connectivity index (χ3n) is 6.71. The Balaban J connectivity index is 1.44. The lowest BCUT2D eigenvalue weighted by atomic mass is 10.1. The normalized spacial score (nSPS) is 19.4. The third-order valence-corrected chi connectivity index (χ3v) is 11.7. The summed E-state index contributed by atoms with van der Waals surface area (Å²) >= 11 is 0. The summed E-state index contributed by atoms with van der Waals surface area (Å²) in [6.45, 7) is 9.23. The van der Waals surface area contributed by atoms with Gasteiger partial charge in [0.25, 0.3) is 8.32 Å². The Hall–Kier alpha value is -2.24. The summed E-state index contributed by atoms with van der Waals surface area (Å²) in [5.74, 6) is 0. The minimum atomic E-state index is -2.51. The van der Waals surface area contributed by atoms with Crippen molar-refractivity contribution in [3.63, 3.8) is 0 Å². The molecule has 33 heavy (non-hydrogen) atoms. The van der Waals surface area contributed by atoms with Crippen LogP contribution in [0.25, 0.3) is 0 Å². The second-order valence-corrected chi connectivity index (χ2v) is 14.4. The quantitative estimate of drug-likeness (QED) is 0.486. The summed E-state index contributed by atoms with van der Waals surface area (Å²) in [6.07, 6.45) is 2.27. The molecule has 0 spiro atoms. The first-order valence-electron chi connectivity index (χ1n) is 12.1. The minimum Gasteiger partial charge on any atom is -0.405 e. The van der Waals surface area contributed by atoms with Gasteiger partial charge >= 0.3 is 0 Å². The molecular formula is C29H37NO2Si. The van der Waals surface area contributed by atoms with Gasteiger partial charge in [0.15, 0.2) is 0 Å². The van der Waals surface area contributed by atoms with Crippen molar-refractivity contribution in [3.8, 4) is 0 Å². The van der Waals surface area contributed by atoms with Crippen LogP contribution in [0, 0.1) is 0 Å². The molecule has 4 rings (SSSR count). The number of hydrogen-bond donors (Lipinski definition) is 1. The van der Waals surface area contributed by atoms with Crippen LogP contribution < -0.4 is 15.7 Å². The number of benzene rings is 3. The van der Waals surface area contributed by atoms with E-state index in [-0.39, 0.29) is 11.1 Å². The first-order chi connectivity index (χ1) is 16.0. The van der Waals surface area contributed by atoms with Gasteiger partial charge in [-0.15, -0.1) is 0 Å². The maximum absolute atomic E-state index is 7.06. The van der Waals surface area contributed by atoms with Gasteiger partial charge in [-0.05, 0) is 33.8 Å². The van der Waals surface area contributed by atoms with Crippen LogP contribution in [-0.2, 0) is 15.7 Å². The van der Waals surface area contributed by atoms with E-state index in [1.807, 2.05) is 0 Å². The summed E-state index contributed by atoms with van der Waals surface area (Å²) < 4.78 is 13.4. The molecule has 1 aliphatic heterocycles. The summed E-state index contributed by atoms with van der Waals surface area (Å²) in [5.41, 5.74) is 1.31. The van der Waals surface area contributed by atoms with Crippen molar-refractivity contribution in [1.82, 2.24) is 5.32 Å². The second kappa shape index (κ2) is 10.8. The van der Waals surface area contributed by atoms with Crippen LogP contribution in [0.15, 0.2) is 91.0 Å². The van der Waals surface area contributed by atoms with Gasteiger partial charge in [-0.25, -0.2) is 0 Å². The lowest BCUT2D eigenvalue weighted by Gasteiger charge is -2.44. The zero-order valence-corrected chi connectivity index (χ0v) is 21.2. The number of hydrogen-bond acceptors (Lipinski definition) is 3. The highest BCUT2D eigenvalue weighted by Gasteiger charge is 2.50. The van der Waals surface area contributed by atoms with E-state index in [0.29, 0.717) is 12.6 Å². The Bertz CT molecular complexity index is 925. The van der Waals surface area contributed by atoms with E-state index in [9.17, 15) is 0 Å². The first-order valence-corrected chi connectivity index (χ1v) is 14.0. The molecule has 0 bridgehead atoms. The zero-order valence-electron chi connectivity index (χ0n) is 20.2. The summed E-state index contributed by atoms with van der Waals surface area (Å²) in [7, 11) is -2.51. The van der Waals surface area contributed by atoms with Gasteiger partial charge in [-0.2, -0.15) is 0 Å². The molecule has 1 heterocycles. The van der Waals surface area contributed by atoms with Crippen LogP contribution in [0.4, 0.5) is 0 Å². The molecule has 1 aliphatic rings. The van der Waals surface area contributed by atoms with Crippen LogP contribution in [-0.4, -0.2) is 33.7 Å². The van der Waals surface area contributed by atoms with Gasteiger partial charge in [0.05, 0.1) is 19.3 Å². The van der Waals surface area contributed by atoms with Gasteiger partial charge < -0.3 is 14.5 Å². The van der Waals surface area contributed by atoms with Gasteiger partial charge in [0.2, 0.25) is 0 Å². The molecule has 1 fully saturated rings. The Morgan fingerprint density at radius 1 is 0.818 bits per heavy atom. The molecule has 0 unspecified atom stereocenters. The molecule has 0 amide bonds. The highest BCUT2D eigenvalue weighted by molar-refractivity contribution is 6.99. The average Bonchev–Trinajstić information content (AvgIpc) is 2.85. The van der Waals surface area contributed by atoms with Crippen molar-refractivity contribution in [2.24, 2.45) is 0 Å². The van der Waals surface area contributed by atoms with Gasteiger partial charge in [-0.3, -0.25) is 0 Å². The smallest absolute Gasteiger partial charge is 0.261 e. The van der Waals surface area contributed by atoms with E-state index < -0.39 is 8.32 Å². The van der Waals surface area contributed by atoms with Gasteiger partial charge in [-0.1, -0.05) is 112 Å². The third kappa shape index (κ3) is 5.64. The number of rotatable bonds is 8. The van der Waals surface area contributed by atoms with Crippen LogP contribution in [0.3, 0.4) is 0 Å². The fourth-order valence-electron chi connectivity index (χ4n) is 4.94. The van der Waals surface area contributed by atoms with Crippen LogP contribution in [0.2, 0.25) is 5.04 Å². The van der Waals surface area contributed by atoms with Crippen LogP contribution in [0.5, 0.6) is 0 Å². The lowest BCUT2D eigenvalue weighted by Crippen LogP contribution is -2.67. The molecule has 1 saturated heterocycles. The van der Waals surface area contributed by atoms with E-state index in [1.54, 1.807) is 0 Å². The van der Waals surface area contributed by atoms with Gasteiger partial charge in [0, 0.05) is 12.6 Å². The maximum Gasteiger partial charge on any atom is 0.261 e. The van der Waals surface area contributed by atoms with Crippen molar-refractivity contribution in [1.29, 1.82) is 0 Å². The SMILES string of the molecule is CC(C)(C)[Si](OC[C@H]1CC[C@H](NCc2ccccc2)CO1)(c1ccccc1)c1ccccc1. The Morgan fingerprint density at radius 2 is 1.36 bits per heavy atom. The molecule has 3 nitrogen and oxygen atoms in total. The van der Waals surface area contributed by atoms with E-state index in [4.69, 9.17) is 9.16 Å².